The molecule has 0 saturated carbocycles. The van der Waals surface area contributed by atoms with Crippen LogP contribution < -0.4 is 0 Å². The van der Waals surface area contributed by atoms with E-state index >= 15 is 0 Å². The van der Waals surface area contributed by atoms with Gasteiger partial charge in [0.05, 0.1) is 6.54 Å². The van der Waals surface area contributed by atoms with Crippen LogP contribution in [0.1, 0.15) is 32.1 Å². The van der Waals surface area contributed by atoms with Crippen LogP contribution in [0.3, 0.4) is 0 Å². The van der Waals surface area contributed by atoms with E-state index in [-0.39, 0.29) is 12.0 Å². The Balaban J connectivity index is 1.74. The third-order valence-electron chi connectivity index (χ3n) is 3.40. The van der Waals surface area contributed by atoms with Crippen LogP contribution in [0.2, 0.25) is 0 Å². The van der Waals surface area contributed by atoms with Crippen LogP contribution in [0.15, 0.2) is 0 Å². The Kier molecular flexibility index (Phi) is 4.23. The second kappa shape index (κ2) is 5.89. The third kappa shape index (κ3) is 3.35. The van der Waals surface area contributed by atoms with Crippen molar-refractivity contribution in [3.63, 3.8) is 0 Å². The van der Waals surface area contributed by atoms with Gasteiger partial charge in [-0.05, 0) is 12.8 Å². The van der Waals surface area contributed by atoms with Gasteiger partial charge in [-0.25, -0.2) is 4.79 Å². The van der Waals surface area contributed by atoms with E-state index in [1.807, 2.05) is 4.90 Å². The van der Waals surface area contributed by atoms with Gasteiger partial charge in [0.25, 0.3) is 0 Å². The Morgan fingerprint density at radius 1 is 1.12 bits per heavy atom. The number of rotatable bonds is 3. The van der Waals surface area contributed by atoms with Crippen LogP contribution in [-0.4, -0.2) is 54.6 Å². The number of likely N-dealkylation sites (tertiary alicyclic amines) is 1. The number of hydrogen-bond donors (Lipinski definition) is 0. The first-order valence-electron chi connectivity index (χ1n) is 6.47. The summed E-state index contributed by atoms with van der Waals surface area (Å²) in [5, 5.41) is 0. The van der Waals surface area contributed by atoms with Gasteiger partial charge >= 0.3 is 6.09 Å². The van der Waals surface area contributed by atoms with Gasteiger partial charge in [-0.1, -0.05) is 12.8 Å². The number of hydrogen-bond acceptors (Lipinski definition) is 3. The number of amides is 2. The molecular formula is C12H20N2O3. The fraction of sp³-hybridized carbons (Fsp3) is 0.833. The molecule has 0 bridgehead atoms. The van der Waals surface area contributed by atoms with E-state index in [1.165, 1.54) is 12.8 Å². The van der Waals surface area contributed by atoms with Gasteiger partial charge < -0.3 is 14.5 Å². The Hall–Kier alpha value is -1.26. The third-order valence-corrected chi connectivity index (χ3v) is 3.40. The topological polar surface area (TPSA) is 49.9 Å². The molecule has 2 rings (SSSR count). The minimum absolute atomic E-state index is 0.173. The van der Waals surface area contributed by atoms with Crippen molar-refractivity contribution in [2.24, 2.45) is 0 Å². The highest BCUT2D eigenvalue weighted by Gasteiger charge is 2.23. The molecule has 2 heterocycles. The molecule has 5 heteroatoms. The Morgan fingerprint density at radius 2 is 1.82 bits per heavy atom. The second-order valence-corrected chi connectivity index (χ2v) is 4.65. The maximum absolute atomic E-state index is 12.0. The Bertz CT molecular complexity index is 285. The molecule has 0 N–H and O–H groups in total. The van der Waals surface area contributed by atoms with Crippen LogP contribution in [0.5, 0.6) is 0 Å². The summed E-state index contributed by atoms with van der Waals surface area (Å²) in [7, 11) is 0. The number of cyclic esters (lactones) is 1. The highest BCUT2D eigenvalue weighted by atomic mass is 16.6. The number of nitrogens with zero attached hydrogens (tertiary/aromatic N) is 2. The number of ether oxygens (including phenoxy) is 1. The average Bonchev–Trinajstić information content (AvgIpc) is 2.58. The first kappa shape index (κ1) is 12.2. The highest BCUT2D eigenvalue weighted by Crippen LogP contribution is 2.11. The molecule has 2 fully saturated rings. The van der Waals surface area contributed by atoms with Crippen molar-refractivity contribution in [1.29, 1.82) is 0 Å². The molecule has 2 amide bonds. The fourth-order valence-corrected chi connectivity index (χ4v) is 2.34. The lowest BCUT2D eigenvalue weighted by atomic mass is 10.2. The number of carbonyl (C=O) groups excluding carboxylic acids is 2. The molecule has 2 aliphatic heterocycles. The highest BCUT2D eigenvalue weighted by molar-refractivity contribution is 5.77. The first-order chi connectivity index (χ1) is 8.27. The predicted octanol–water partition coefficient (Wildman–Crippen LogP) is 1.23. The summed E-state index contributed by atoms with van der Waals surface area (Å²) in [5.74, 6) is 0.173. The standard InChI is InChI=1S/C12H20N2O3/c15-11(13-6-3-1-2-4-7-13)5-8-14-9-10-17-12(14)16/h1-10H2. The zero-order valence-corrected chi connectivity index (χ0v) is 10.2. The molecule has 0 unspecified atom stereocenters. The van der Waals surface area contributed by atoms with Crippen molar-refractivity contribution in [2.75, 3.05) is 32.8 Å². The summed E-state index contributed by atoms with van der Waals surface area (Å²) in [6.45, 7) is 3.32. The minimum atomic E-state index is -0.284. The van der Waals surface area contributed by atoms with E-state index in [2.05, 4.69) is 0 Å². The lowest BCUT2D eigenvalue weighted by Crippen LogP contribution is -2.35. The minimum Gasteiger partial charge on any atom is -0.448 e. The smallest absolute Gasteiger partial charge is 0.409 e. The van der Waals surface area contributed by atoms with Crippen LogP contribution in [0, 0.1) is 0 Å². The van der Waals surface area contributed by atoms with Crippen LogP contribution in [0.4, 0.5) is 4.79 Å². The van der Waals surface area contributed by atoms with Gasteiger partial charge in [-0.15, -0.1) is 0 Å². The van der Waals surface area contributed by atoms with Gasteiger partial charge in [0.2, 0.25) is 5.91 Å². The molecule has 0 atom stereocenters. The summed E-state index contributed by atoms with van der Waals surface area (Å²) >= 11 is 0. The van der Waals surface area contributed by atoms with Gasteiger partial charge in [0.1, 0.15) is 6.61 Å². The van der Waals surface area contributed by atoms with Gasteiger partial charge in [-0.2, -0.15) is 0 Å². The lowest BCUT2D eigenvalue weighted by molar-refractivity contribution is -0.131. The van der Waals surface area contributed by atoms with E-state index in [9.17, 15) is 9.59 Å². The van der Waals surface area contributed by atoms with Crippen molar-refractivity contribution < 1.29 is 14.3 Å². The van der Waals surface area contributed by atoms with Gasteiger partial charge in [0, 0.05) is 26.1 Å². The van der Waals surface area contributed by atoms with Crippen molar-refractivity contribution in [2.45, 2.75) is 32.1 Å². The maximum Gasteiger partial charge on any atom is 0.409 e. The summed E-state index contributed by atoms with van der Waals surface area (Å²) in [4.78, 5) is 26.7. The van der Waals surface area contributed by atoms with Crippen molar-refractivity contribution >= 4 is 12.0 Å². The molecule has 0 aromatic carbocycles. The Labute approximate surface area is 102 Å². The monoisotopic (exact) mass is 240 g/mol. The van der Waals surface area contributed by atoms with Crippen molar-refractivity contribution in [3.8, 4) is 0 Å². The SMILES string of the molecule is O=C(CCN1CCOC1=O)N1CCCCCC1. The summed E-state index contributed by atoms with van der Waals surface area (Å²) in [6.07, 6.45) is 4.81. The molecule has 2 aliphatic rings. The van der Waals surface area contributed by atoms with E-state index in [1.54, 1.807) is 4.90 Å². The molecule has 2 saturated heterocycles. The average molecular weight is 240 g/mol. The van der Waals surface area contributed by atoms with Crippen LogP contribution in [0.25, 0.3) is 0 Å². The zero-order chi connectivity index (χ0) is 12.1. The lowest BCUT2D eigenvalue weighted by Gasteiger charge is -2.21. The normalized spacial score (nSPS) is 21.3. The van der Waals surface area contributed by atoms with Crippen molar-refractivity contribution in [1.82, 2.24) is 9.80 Å². The molecule has 96 valence electrons. The maximum atomic E-state index is 12.0. The quantitative estimate of drug-likeness (QED) is 0.745. The molecule has 0 aliphatic carbocycles. The largest absolute Gasteiger partial charge is 0.448 e. The van der Waals surface area contributed by atoms with E-state index in [0.29, 0.717) is 26.1 Å². The van der Waals surface area contributed by atoms with Gasteiger partial charge in [0.15, 0.2) is 0 Å². The first-order valence-corrected chi connectivity index (χ1v) is 6.47. The molecular weight excluding hydrogens is 220 g/mol. The molecule has 5 nitrogen and oxygen atoms in total. The van der Waals surface area contributed by atoms with Crippen LogP contribution >= 0.6 is 0 Å². The van der Waals surface area contributed by atoms with Gasteiger partial charge in [-0.3, -0.25) is 4.79 Å². The molecule has 0 radical (unpaired) electrons. The zero-order valence-electron chi connectivity index (χ0n) is 10.2. The fourth-order valence-electron chi connectivity index (χ4n) is 2.34. The summed E-state index contributed by atoms with van der Waals surface area (Å²) in [6, 6.07) is 0. The molecule has 0 aromatic heterocycles. The van der Waals surface area contributed by atoms with Crippen LogP contribution in [-0.2, 0) is 9.53 Å². The summed E-state index contributed by atoms with van der Waals surface area (Å²) in [5.41, 5.74) is 0. The molecule has 17 heavy (non-hydrogen) atoms. The van der Waals surface area contributed by atoms with E-state index in [0.717, 1.165) is 25.9 Å². The van der Waals surface area contributed by atoms with E-state index in [4.69, 9.17) is 4.74 Å². The van der Waals surface area contributed by atoms with E-state index < -0.39 is 0 Å². The molecule has 0 spiro atoms. The summed E-state index contributed by atoms with van der Waals surface area (Å²) < 4.78 is 4.83. The number of carbonyl (C=O) groups is 2. The second-order valence-electron chi connectivity index (χ2n) is 4.65. The molecule has 0 aromatic rings. The predicted molar refractivity (Wildman–Crippen MR) is 62.6 cm³/mol. The Morgan fingerprint density at radius 3 is 2.41 bits per heavy atom. The van der Waals surface area contributed by atoms with Crippen molar-refractivity contribution in [3.05, 3.63) is 0 Å².